The summed E-state index contributed by atoms with van der Waals surface area (Å²) >= 11 is 0. The Morgan fingerprint density at radius 1 is 1.00 bits per heavy atom. The van der Waals surface area contributed by atoms with Gasteiger partial charge in [0.05, 0.1) is 11.8 Å². The monoisotopic (exact) mass is 228 g/mol. The zero-order valence-electron chi connectivity index (χ0n) is 8.68. The summed E-state index contributed by atoms with van der Waals surface area (Å²) in [5, 5.41) is 20.0. The fourth-order valence-electron chi connectivity index (χ4n) is 1.94. The van der Waals surface area contributed by atoms with Crippen molar-refractivity contribution in [2.75, 3.05) is 0 Å². The molecular formula is C13H8O4. The molecule has 3 rings (SSSR count). The van der Waals surface area contributed by atoms with E-state index in [4.69, 9.17) is 4.42 Å². The van der Waals surface area contributed by atoms with Crippen LogP contribution in [0.4, 0.5) is 0 Å². The smallest absolute Gasteiger partial charge is 0.193 e. The maximum atomic E-state index is 11.8. The molecule has 1 aromatic rings. The number of phenols is 2. The maximum Gasteiger partial charge on any atom is 0.193 e. The molecule has 1 aliphatic heterocycles. The quantitative estimate of drug-likeness (QED) is 0.579. The van der Waals surface area contributed by atoms with Crippen LogP contribution in [0.1, 0.15) is 0 Å². The lowest BCUT2D eigenvalue weighted by atomic mass is 10.0. The topological polar surface area (TPSA) is 70.7 Å². The van der Waals surface area contributed by atoms with Gasteiger partial charge in [0.15, 0.2) is 5.43 Å². The van der Waals surface area contributed by atoms with Gasteiger partial charge in [-0.2, -0.15) is 0 Å². The second-order valence-electron chi connectivity index (χ2n) is 3.82. The van der Waals surface area contributed by atoms with Gasteiger partial charge in [0.1, 0.15) is 17.3 Å². The molecule has 0 fully saturated rings. The summed E-state index contributed by atoms with van der Waals surface area (Å²) in [6.45, 7) is 0. The van der Waals surface area contributed by atoms with Crippen molar-refractivity contribution in [2.24, 2.45) is 0 Å². The Bertz CT molecular complexity index is 742. The van der Waals surface area contributed by atoms with Crippen LogP contribution in [0.2, 0.25) is 0 Å². The first-order valence-corrected chi connectivity index (χ1v) is 5.02. The van der Waals surface area contributed by atoms with E-state index >= 15 is 0 Å². The summed E-state index contributed by atoms with van der Waals surface area (Å²) in [7, 11) is 0. The molecule has 0 saturated heterocycles. The molecule has 17 heavy (non-hydrogen) atoms. The van der Waals surface area contributed by atoms with Gasteiger partial charge in [0.25, 0.3) is 0 Å². The first-order valence-electron chi connectivity index (χ1n) is 5.02. The second-order valence-corrected chi connectivity index (χ2v) is 3.82. The summed E-state index contributed by atoms with van der Waals surface area (Å²) in [5.74, 6) is 0.316. The molecule has 1 aromatic carbocycles. The van der Waals surface area contributed by atoms with E-state index in [1.165, 1.54) is 24.5 Å². The van der Waals surface area contributed by atoms with Crippen LogP contribution in [-0.4, -0.2) is 10.2 Å². The van der Waals surface area contributed by atoms with E-state index in [1.54, 1.807) is 6.07 Å². The van der Waals surface area contributed by atoms with Crippen molar-refractivity contribution in [1.82, 2.24) is 0 Å². The number of rotatable bonds is 0. The van der Waals surface area contributed by atoms with Crippen LogP contribution in [0.25, 0.3) is 22.1 Å². The molecule has 0 aromatic heterocycles. The Kier molecular flexibility index (Phi) is 1.86. The molecule has 0 amide bonds. The summed E-state index contributed by atoms with van der Waals surface area (Å²) in [4.78, 5) is 11.8. The van der Waals surface area contributed by atoms with Crippen LogP contribution >= 0.6 is 0 Å². The van der Waals surface area contributed by atoms with Crippen LogP contribution in [0.15, 0.2) is 45.8 Å². The van der Waals surface area contributed by atoms with E-state index in [-0.39, 0.29) is 16.9 Å². The highest BCUT2D eigenvalue weighted by atomic mass is 16.3. The molecule has 4 heteroatoms. The van der Waals surface area contributed by atoms with Gasteiger partial charge in [-0.1, -0.05) is 0 Å². The molecule has 0 spiro atoms. The first-order chi connectivity index (χ1) is 8.15. The normalized spacial score (nSPS) is 11.1. The zero-order valence-corrected chi connectivity index (χ0v) is 8.68. The molecular weight excluding hydrogens is 220 g/mol. The van der Waals surface area contributed by atoms with Crippen molar-refractivity contribution in [3.05, 3.63) is 46.8 Å². The highest BCUT2D eigenvalue weighted by Gasteiger charge is 2.14. The third-order valence-electron chi connectivity index (χ3n) is 2.67. The average Bonchev–Trinajstić information content (AvgIpc) is 2.28. The van der Waals surface area contributed by atoms with E-state index in [0.29, 0.717) is 22.1 Å². The van der Waals surface area contributed by atoms with E-state index in [1.807, 2.05) is 0 Å². The zero-order chi connectivity index (χ0) is 12.0. The molecule has 84 valence electrons. The maximum absolute atomic E-state index is 11.8. The largest absolute Gasteiger partial charge is 0.508 e. The molecule has 0 atom stereocenters. The predicted octanol–water partition coefficient (Wildman–Crippen LogP) is 2.31. The van der Waals surface area contributed by atoms with Crippen molar-refractivity contribution in [3.8, 4) is 22.8 Å². The van der Waals surface area contributed by atoms with Crippen LogP contribution in [0.3, 0.4) is 0 Å². The van der Waals surface area contributed by atoms with Crippen LogP contribution in [-0.2, 0) is 0 Å². The fourth-order valence-corrected chi connectivity index (χ4v) is 1.94. The minimum Gasteiger partial charge on any atom is -0.508 e. The van der Waals surface area contributed by atoms with Gasteiger partial charge in [0.2, 0.25) is 0 Å². The number of hydrogen-bond acceptors (Lipinski definition) is 4. The minimum atomic E-state index is -0.306. The molecule has 0 bridgehead atoms. The van der Waals surface area contributed by atoms with Gasteiger partial charge in [0, 0.05) is 17.5 Å². The van der Waals surface area contributed by atoms with Gasteiger partial charge in [-0.05, 0) is 23.6 Å². The Morgan fingerprint density at radius 3 is 2.65 bits per heavy atom. The third-order valence-corrected chi connectivity index (χ3v) is 2.67. The predicted molar refractivity (Wildman–Crippen MR) is 62.4 cm³/mol. The summed E-state index contributed by atoms with van der Waals surface area (Å²) in [5.41, 5.74) is 0.0975. The van der Waals surface area contributed by atoms with E-state index in [0.717, 1.165) is 6.07 Å². The number of aromatic hydroxyl groups is 2. The SMILES string of the molecule is O=c1cc(O)cc2occ3cc(O)ccc3c1-2. The Morgan fingerprint density at radius 2 is 1.82 bits per heavy atom. The number of phenolic OH excluding ortho intramolecular Hbond substituents is 2. The van der Waals surface area contributed by atoms with Crippen LogP contribution in [0, 0.1) is 0 Å². The van der Waals surface area contributed by atoms with Gasteiger partial charge in [-0.25, -0.2) is 0 Å². The van der Waals surface area contributed by atoms with Crippen molar-refractivity contribution in [1.29, 1.82) is 0 Å². The first kappa shape index (κ1) is 9.72. The third kappa shape index (κ3) is 1.42. The minimum absolute atomic E-state index is 0.110. The Balaban J connectivity index is 2.55. The molecule has 0 saturated carbocycles. The molecule has 1 aliphatic carbocycles. The molecule has 2 N–H and O–H groups in total. The Labute approximate surface area is 95.7 Å². The molecule has 1 heterocycles. The lowest BCUT2D eigenvalue weighted by molar-refractivity contribution is 0.470. The van der Waals surface area contributed by atoms with Crippen molar-refractivity contribution in [3.63, 3.8) is 0 Å². The number of hydrogen-bond donors (Lipinski definition) is 2. The van der Waals surface area contributed by atoms with Gasteiger partial charge in [-0.3, -0.25) is 4.79 Å². The van der Waals surface area contributed by atoms with Gasteiger partial charge in [-0.15, -0.1) is 0 Å². The van der Waals surface area contributed by atoms with E-state index in [9.17, 15) is 15.0 Å². The molecule has 0 unspecified atom stereocenters. The van der Waals surface area contributed by atoms with Gasteiger partial charge >= 0.3 is 0 Å². The second kappa shape index (κ2) is 3.25. The average molecular weight is 228 g/mol. The summed E-state index contributed by atoms with van der Waals surface area (Å²) in [6, 6.07) is 7.22. The summed E-state index contributed by atoms with van der Waals surface area (Å²) < 4.78 is 5.27. The number of benzene rings is 2. The van der Waals surface area contributed by atoms with E-state index in [2.05, 4.69) is 0 Å². The standard InChI is InChI=1S/C13H8O4/c14-8-1-2-10-7(3-8)6-17-12-5-9(15)4-11(16)13(10)12/h1-6,14-15H. The van der Waals surface area contributed by atoms with Gasteiger partial charge < -0.3 is 14.6 Å². The summed E-state index contributed by atoms with van der Waals surface area (Å²) in [6.07, 6.45) is 1.44. The fraction of sp³-hybridized carbons (Fsp3) is 0. The van der Waals surface area contributed by atoms with Crippen LogP contribution < -0.4 is 5.43 Å². The molecule has 0 radical (unpaired) electrons. The van der Waals surface area contributed by atoms with Crippen LogP contribution in [0.5, 0.6) is 11.5 Å². The molecule has 4 nitrogen and oxygen atoms in total. The Hall–Kier alpha value is -2.49. The number of fused-ring (bicyclic) bond motifs is 3. The highest BCUT2D eigenvalue weighted by Crippen LogP contribution is 2.31. The van der Waals surface area contributed by atoms with Crippen molar-refractivity contribution >= 4 is 10.8 Å². The lowest BCUT2D eigenvalue weighted by Crippen LogP contribution is -2.04. The van der Waals surface area contributed by atoms with Crippen molar-refractivity contribution in [2.45, 2.75) is 0 Å². The van der Waals surface area contributed by atoms with E-state index < -0.39 is 0 Å². The lowest BCUT2D eigenvalue weighted by Gasteiger charge is -2.08. The molecule has 2 aliphatic rings. The van der Waals surface area contributed by atoms with Crippen molar-refractivity contribution < 1.29 is 14.6 Å². The highest BCUT2D eigenvalue weighted by molar-refractivity contribution is 5.96.